The molecule has 0 atom stereocenters. The largest absolute Gasteiger partial charge is 0.478 e. The lowest BCUT2D eigenvalue weighted by Crippen LogP contribution is -2.38. The van der Waals surface area contributed by atoms with Crippen LogP contribution in [0.2, 0.25) is 0 Å². The summed E-state index contributed by atoms with van der Waals surface area (Å²) < 4.78 is 13.5. The van der Waals surface area contributed by atoms with Crippen molar-refractivity contribution in [3.63, 3.8) is 0 Å². The van der Waals surface area contributed by atoms with E-state index in [1.807, 2.05) is 0 Å². The number of nitrogens with zero attached hydrogens (tertiary/aromatic N) is 1. The monoisotopic (exact) mass is 280 g/mol. The molecule has 0 unspecified atom stereocenters. The smallest absolute Gasteiger partial charge is 0.340 e. The van der Waals surface area contributed by atoms with Gasteiger partial charge in [0.05, 0.1) is 5.69 Å². The molecule has 108 valence electrons. The topological polar surface area (TPSA) is 69.6 Å². The third-order valence-electron chi connectivity index (χ3n) is 3.66. The molecule has 1 aliphatic rings. The maximum atomic E-state index is 13.5. The van der Waals surface area contributed by atoms with Crippen LogP contribution >= 0.6 is 0 Å². The molecule has 0 spiro atoms. The normalized spacial score (nSPS) is 15.1. The average Bonchev–Trinajstić information content (AvgIpc) is 2.91. The molecule has 1 aliphatic carbocycles. The molecule has 0 heterocycles. The molecule has 2 N–H and O–H groups in total. The highest BCUT2D eigenvalue weighted by molar-refractivity contribution is 6.00. The van der Waals surface area contributed by atoms with Gasteiger partial charge in [0.15, 0.2) is 0 Å². The highest BCUT2D eigenvalue weighted by Gasteiger charge is 2.25. The van der Waals surface area contributed by atoms with Crippen molar-refractivity contribution in [3.05, 3.63) is 29.6 Å². The standard InChI is InChI=1S/C14H17FN2O3/c1-17(9-5-2-3-6-9)14(20)16-11-8-4-7-10(15)12(11)13(18)19/h4,7-9H,2-3,5-6H2,1H3,(H,16,20)(H,18,19). The molecule has 6 heteroatoms. The number of urea groups is 1. The first-order chi connectivity index (χ1) is 9.50. The minimum Gasteiger partial charge on any atom is -0.478 e. The Labute approximate surface area is 116 Å². The minimum atomic E-state index is -1.40. The van der Waals surface area contributed by atoms with Crippen molar-refractivity contribution < 1.29 is 19.1 Å². The van der Waals surface area contributed by atoms with Crippen molar-refractivity contribution in [1.82, 2.24) is 4.90 Å². The molecule has 20 heavy (non-hydrogen) atoms. The van der Waals surface area contributed by atoms with E-state index in [0.29, 0.717) is 0 Å². The van der Waals surface area contributed by atoms with Gasteiger partial charge in [-0.1, -0.05) is 18.9 Å². The third-order valence-corrected chi connectivity index (χ3v) is 3.66. The fourth-order valence-electron chi connectivity index (χ4n) is 2.51. The van der Waals surface area contributed by atoms with Gasteiger partial charge >= 0.3 is 12.0 Å². The van der Waals surface area contributed by atoms with E-state index in [2.05, 4.69) is 5.32 Å². The van der Waals surface area contributed by atoms with Gasteiger partial charge in [-0.2, -0.15) is 0 Å². The summed E-state index contributed by atoms with van der Waals surface area (Å²) in [5, 5.41) is 11.5. The van der Waals surface area contributed by atoms with Crippen LogP contribution in [0, 0.1) is 5.82 Å². The molecule has 1 fully saturated rings. The van der Waals surface area contributed by atoms with Crippen LogP contribution in [-0.4, -0.2) is 35.1 Å². The predicted molar refractivity (Wildman–Crippen MR) is 72.4 cm³/mol. The lowest BCUT2D eigenvalue weighted by molar-refractivity contribution is 0.0693. The molecule has 0 aromatic heterocycles. The molecule has 1 saturated carbocycles. The number of amides is 2. The summed E-state index contributed by atoms with van der Waals surface area (Å²) >= 11 is 0. The van der Waals surface area contributed by atoms with E-state index in [1.54, 1.807) is 11.9 Å². The number of benzene rings is 1. The van der Waals surface area contributed by atoms with E-state index in [0.717, 1.165) is 31.7 Å². The summed E-state index contributed by atoms with van der Waals surface area (Å²) in [6, 6.07) is 3.56. The first kappa shape index (κ1) is 14.3. The van der Waals surface area contributed by atoms with Gasteiger partial charge in [-0.3, -0.25) is 0 Å². The Morgan fingerprint density at radius 3 is 2.60 bits per heavy atom. The number of carboxylic acids is 1. The highest BCUT2D eigenvalue weighted by Crippen LogP contribution is 2.24. The molecule has 0 aliphatic heterocycles. The lowest BCUT2D eigenvalue weighted by atomic mass is 10.1. The minimum absolute atomic E-state index is 0.0210. The summed E-state index contributed by atoms with van der Waals surface area (Å²) in [6.07, 6.45) is 4.06. The molecular formula is C14H17FN2O3. The van der Waals surface area contributed by atoms with Gasteiger partial charge in [0.25, 0.3) is 0 Å². The van der Waals surface area contributed by atoms with Gasteiger partial charge in [0.1, 0.15) is 11.4 Å². The van der Waals surface area contributed by atoms with Gasteiger partial charge in [-0.25, -0.2) is 14.0 Å². The van der Waals surface area contributed by atoms with Gasteiger partial charge in [-0.05, 0) is 25.0 Å². The van der Waals surface area contributed by atoms with E-state index >= 15 is 0 Å². The van der Waals surface area contributed by atoms with Crippen LogP contribution in [0.3, 0.4) is 0 Å². The van der Waals surface area contributed by atoms with E-state index in [1.165, 1.54) is 12.1 Å². The summed E-state index contributed by atoms with van der Waals surface area (Å²) in [7, 11) is 1.67. The zero-order valence-corrected chi connectivity index (χ0v) is 11.2. The Hall–Kier alpha value is -2.11. The molecule has 1 aromatic carbocycles. The second-order valence-corrected chi connectivity index (χ2v) is 4.95. The fraction of sp³-hybridized carbons (Fsp3) is 0.429. The van der Waals surface area contributed by atoms with Gasteiger partial charge < -0.3 is 15.3 Å². The van der Waals surface area contributed by atoms with Crippen LogP contribution in [0.4, 0.5) is 14.9 Å². The Morgan fingerprint density at radius 2 is 2.00 bits per heavy atom. The first-order valence-corrected chi connectivity index (χ1v) is 6.56. The van der Waals surface area contributed by atoms with E-state index in [-0.39, 0.29) is 11.7 Å². The molecule has 0 bridgehead atoms. The van der Waals surface area contributed by atoms with Gasteiger partial charge in [0.2, 0.25) is 0 Å². The number of rotatable bonds is 3. The molecule has 0 radical (unpaired) electrons. The molecule has 5 nitrogen and oxygen atoms in total. The average molecular weight is 280 g/mol. The summed E-state index contributed by atoms with van der Waals surface area (Å²) in [5.74, 6) is -2.26. The van der Waals surface area contributed by atoms with Gasteiger partial charge in [0, 0.05) is 13.1 Å². The summed E-state index contributed by atoms with van der Waals surface area (Å²) in [5.41, 5.74) is -0.534. The molecule has 1 aromatic rings. The number of hydrogen-bond donors (Lipinski definition) is 2. The fourth-order valence-corrected chi connectivity index (χ4v) is 2.51. The second kappa shape index (κ2) is 5.90. The van der Waals surface area contributed by atoms with Crippen LogP contribution in [0.25, 0.3) is 0 Å². The van der Waals surface area contributed by atoms with Crippen molar-refractivity contribution >= 4 is 17.7 Å². The number of hydrogen-bond acceptors (Lipinski definition) is 2. The van der Waals surface area contributed by atoms with E-state index in [9.17, 15) is 14.0 Å². The number of carbonyl (C=O) groups is 2. The predicted octanol–water partition coefficient (Wildman–Crippen LogP) is 2.93. The van der Waals surface area contributed by atoms with Crippen molar-refractivity contribution in [2.45, 2.75) is 31.7 Å². The SMILES string of the molecule is CN(C(=O)Nc1cccc(F)c1C(=O)O)C1CCCC1. The quantitative estimate of drug-likeness (QED) is 0.894. The number of nitrogens with one attached hydrogen (secondary N) is 1. The van der Waals surface area contributed by atoms with Crippen LogP contribution < -0.4 is 5.32 Å². The highest BCUT2D eigenvalue weighted by atomic mass is 19.1. The van der Waals surface area contributed by atoms with Crippen molar-refractivity contribution in [2.24, 2.45) is 0 Å². The zero-order valence-electron chi connectivity index (χ0n) is 11.2. The maximum absolute atomic E-state index is 13.5. The third kappa shape index (κ3) is 2.89. The molecule has 0 saturated heterocycles. The Balaban J connectivity index is 2.15. The summed E-state index contributed by atoms with van der Waals surface area (Å²) in [4.78, 5) is 24.7. The van der Waals surface area contributed by atoms with Crippen molar-refractivity contribution in [2.75, 3.05) is 12.4 Å². The van der Waals surface area contributed by atoms with Crippen LogP contribution in [0.1, 0.15) is 36.0 Å². The lowest BCUT2D eigenvalue weighted by Gasteiger charge is -2.24. The molecule has 2 rings (SSSR count). The Kier molecular flexibility index (Phi) is 4.22. The zero-order chi connectivity index (χ0) is 14.7. The van der Waals surface area contributed by atoms with Crippen LogP contribution in [-0.2, 0) is 0 Å². The summed E-state index contributed by atoms with van der Waals surface area (Å²) in [6.45, 7) is 0. The molecular weight excluding hydrogens is 263 g/mol. The molecule has 2 amide bonds. The van der Waals surface area contributed by atoms with E-state index < -0.39 is 23.4 Å². The van der Waals surface area contributed by atoms with Crippen molar-refractivity contribution in [1.29, 1.82) is 0 Å². The van der Waals surface area contributed by atoms with Crippen molar-refractivity contribution in [3.8, 4) is 0 Å². The number of halogens is 1. The van der Waals surface area contributed by atoms with Crippen LogP contribution in [0.5, 0.6) is 0 Å². The Morgan fingerprint density at radius 1 is 1.35 bits per heavy atom. The first-order valence-electron chi connectivity index (χ1n) is 6.56. The second-order valence-electron chi connectivity index (χ2n) is 4.95. The number of anilines is 1. The number of carboxylic acid groups (broad SMARTS) is 1. The Bertz CT molecular complexity index is 527. The van der Waals surface area contributed by atoms with Crippen LogP contribution in [0.15, 0.2) is 18.2 Å². The van der Waals surface area contributed by atoms with Gasteiger partial charge in [-0.15, -0.1) is 0 Å². The maximum Gasteiger partial charge on any atom is 0.340 e. The number of carbonyl (C=O) groups excluding carboxylic acids is 1. The van der Waals surface area contributed by atoms with E-state index in [4.69, 9.17) is 5.11 Å². The number of aromatic carboxylic acids is 1.